The van der Waals surface area contributed by atoms with Crippen molar-refractivity contribution in [3.05, 3.63) is 87.9 Å². The van der Waals surface area contributed by atoms with Crippen molar-refractivity contribution in [1.29, 1.82) is 0 Å². The number of aryl methyl sites for hydroxylation is 1. The van der Waals surface area contributed by atoms with Crippen LogP contribution in [0.5, 0.6) is 5.75 Å². The molecule has 0 radical (unpaired) electrons. The molecule has 7 heteroatoms. The summed E-state index contributed by atoms with van der Waals surface area (Å²) in [6.07, 6.45) is 2.16. The van der Waals surface area contributed by atoms with Crippen LogP contribution in [0.3, 0.4) is 0 Å². The number of aliphatic hydroxyl groups is 1. The third-order valence-electron chi connectivity index (χ3n) is 6.20. The number of carboxylic acids is 1. The van der Waals surface area contributed by atoms with Gasteiger partial charge in [-0.15, -0.1) is 12.4 Å². The molecule has 2 atom stereocenters. The Balaban J connectivity index is 0.00000342. The molecule has 0 heterocycles. The van der Waals surface area contributed by atoms with Gasteiger partial charge in [-0.1, -0.05) is 48.0 Å². The van der Waals surface area contributed by atoms with Crippen LogP contribution in [0, 0.1) is 0 Å². The average Bonchev–Trinajstić information content (AvgIpc) is 2.82. The zero-order chi connectivity index (χ0) is 24.2. The number of ether oxygens (including phenoxy) is 1. The predicted octanol–water partition coefficient (Wildman–Crippen LogP) is 6.09. The van der Waals surface area contributed by atoms with Crippen LogP contribution in [-0.2, 0) is 12.8 Å². The highest BCUT2D eigenvalue weighted by Crippen LogP contribution is 2.32. The number of hydrogen-bond donors (Lipinski definition) is 3. The molecule has 3 N–H and O–H groups in total. The number of hydrogen-bond acceptors (Lipinski definition) is 4. The Morgan fingerprint density at radius 2 is 1.74 bits per heavy atom. The van der Waals surface area contributed by atoms with E-state index in [2.05, 4.69) is 23.5 Å². The quantitative estimate of drug-likeness (QED) is 0.338. The third-order valence-corrected chi connectivity index (χ3v) is 6.45. The summed E-state index contributed by atoms with van der Waals surface area (Å²) in [5.41, 5.74) is 5.58. The van der Waals surface area contributed by atoms with E-state index in [0.29, 0.717) is 17.3 Å². The Bertz CT molecular complexity index is 1160. The van der Waals surface area contributed by atoms with Gasteiger partial charge in [0.2, 0.25) is 0 Å². The highest BCUT2D eigenvalue weighted by atomic mass is 35.5. The summed E-state index contributed by atoms with van der Waals surface area (Å²) >= 11 is 5.94. The highest BCUT2D eigenvalue weighted by Gasteiger charge is 2.21. The van der Waals surface area contributed by atoms with Gasteiger partial charge in [-0.2, -0.15) is 0 Å². The molecule has 0 fully saturated rings. The Morgan fingerprint density at radius 3 is 2.43 bits per heavy atom. The summed E-state index contributed by atoms with van der Waals surface area (Å²) in [7, 11) is 0. The number of aromatic carboxylic acids is 1. The maximum atomic E-state index is 11.6. The normalized spacial score (nSPS) is 15.7. The summed E-state index contributed by atoms with van der Waals surface area (Å²) in [6.45, 7) is 4.25. The molecule has 0 aliphatic heterocycles. The first-order chi connectivity index (χ1) is 16.3. The van der Waals surface area contributed by atoms with Gasteiger partial charge in [-0.05, 0) is 85.2 Å². The fourth-order valence-electron chi connectivity index (χ4n) is 4.42. The lowest BCUT2D eigenvalue weighted by molar-refractivity contribution is 0.0690. The zero-order valence-corrected chi connectivity index (χ0v) is 21.4. The van der Waals surface area contributed by atoms with Crippen molar-refractivity contribution in [1.82, 2.24) is 5.32 Å². The van der Waals surface area contributed by atoms with Gasteiger partial charge < -0.3 is 20.3 Å². The van der Waals surface area contributed by atoms with Crippen molar-refractivity contribution in [2.75, 3.05) is 6.54 Å². The lowest BCUT2D eigenvalue weighted by Gasteiger charge is -2.27. The van der Waals surface area contributed by atoms with Gasteiger partial charge >= 0.3 is 5.97 Å². The average molecular weight is 516 g/mol. The highest BCUT2D eigenvalue weighted by molar-refractivity contribution is 6.30. The van der Waals surface area contributed by atoms with E-state index in [1.165, 1.54) is 11.1 Å². The molecule has 4 rings (SSSR count). The first kappa shape index (κ1) is 27.0. The summed E-state index contributed by atoms with van der Waals surface area (Å²) in [5, 5.41) is 24.2. The van der Waals surface area contributed by atoms with Crippen molar-refractivity contribution in [3.63, 3.8) is 0 Å². The van der Waals surface area contributed by atoms with Gasteiger partial charge in [-0.25, -0.2) is 4.79 Å². The van der Waals surface area contributed by atoms with Gasteiger partial charge in [0.25, 0.3) is 0 Å². The minimum absolute atomic E-state index is 0. The van der Waals surface area contributed by atoms with E-state index in [0.717, 1.165) is 36.0 Å². The Morgan fingerprint density at radius 1 is 1.06 bits per heavy atom. The van der Waals surface area contributed by atoms with Crippen molar-refractivity contribution < 1.29 is 19.7 Å². The number of rotatable bonds is 8. The fourth-order valence-corrected chi connectivity index (χ4v) is 4.55. The lowest BCUT2D eigenvalue weighted by Crippen LogP contribution is -2.37. The molecule has 1 aliphatic carbocycles. The molecule has 186 valence electrons. The van der Waals surface area contributed by atoms with E-state index < -0.39 is 12.1 Å². The summed E-state index contributed by atoms with van der Waals surface area (Å²) in [5.74, 6) is -0.615. The Kier molecular flexibility index (Phi) is 9.20. The summed E-state index contributed by atoms with van der Waals surface area (Å²) in [6, 6.07) is 19.3. The fraction of sp³-hybridized carbons (Fsp3) is 0.321. The van der Waals surface area contributed by atoms with Gasteiger partial charge in [-0.3, -0.25) is 0 Å². The number of halogens is 2. The van der Waals surface area contributed by atoms with Crippen LogP contribution < -0.4 is 10.1 Å². The molecule has 0 saturated carbocycles. The maximum Gasteiger partial charge on any atom is 0.339 e. The van der Waals surface area contributed by atoms with E-state index in [-0.39, 0.29) is 30.1 Å². The monoisotopic (exact) mass is 515 g/mol. The second kappa shape index (κ2) is 11.9. The molecule has 0 amide bonds. The second-order valence-corrected chi connectivity index (χ2v) is 9.52. The second-order valence-electron chi connectivity index (χ2n) is 9.08. The predicted molar refractivity (Wildman–Crippen MR) is 142 cm³/mol. The Hall–Kier alpha value is -2.57. The van der Waals surface area contributed by atoms with Crippen LogP contribution in [0.2, 0.25) is 5.02 Å². The summed E-state index contributed by atoms with van der Waals surface area (Å²) < 4.78 is 5.77. The molecule has 1 aliphatic rings. The van der Waals surface area contributed by atoms with E-state index in [1.807, 2.05) is 38.1 Å². The number of benzene rings is 3. The van der Waals surface area contributed by atoms with Crippen LogP contribution in [0.4, 0.5) is 0 Å². The third kappa shape index (κ3) is 6.77. The van der Waals surface area contributed by atoms with Crippen LogP contribution in [0.25, 0.3) is 11.1 Å². The van der Waals surface area contributed by atoms with Gasteiger partial charge in [0.05, 0.1) is 12.2 Å². The van der Waals surface area contributed by atoms with Gasteiger partial charge in [0, 0.05) is 17.6 Å². The van der Waals surface area contributed by atoms with Crippen molar-refractivity contribution in [2.24, 2.45) is 0 Å². The molecule has 3 aromatic carbocycles. The van der Waals surface area contributed by atoms with E-state index in [1.54, 1.807) is 18.2 Å². The van der Waals surface area contributed by atoms with E-state index >= 15 is 0 Å². The minimum atomic E-state index is -0.998. The van der Waals surface area contributed by atoms with Crippen LogP contribution in [0.15, 0.2) is 60.7 Å². The van der Waals surface area contributed by atoms with E-state index in [4.69, 9.17) is 16.3 Å². The molecule has 0 unspecified atom stereocenters. The molecule has 0 bridgehead atoms. The van der Waals surface area contributed by atoms with Crippen LogP contribution in [0.1, 0.15) is 53.4 Å². The van der Waals surface area contributed by atoms with Gasteiger partial charge in [0.1, 0.15) is 11.3 Å². The summed E-state index contributed by atoms with van der Waals surface area (Å²) in [4.78, 5) is 11.6. The number of aliphatic hydroxyl groups excluding tert-OH is 1. The van der Waals surface area contributed by atoms with Crippen LogP contribution in [-0.4, -0.2) is 34.9 Å². The Labute approximate surface area is 217 Å². The standard InChI is InChI=1S/C28H30ClNO4.ClH/c1-17(2)34-27-15-21(8-12-25(27)28(32)33)20-4-3-18-7-11-24(14-22(18)13-20)30-16-26(31)19-5-9-23(29)10-6-19;/h3-6,8-10,12-13,15,17,24,26,30-31H,7,11,14,16H2,1-2H3,(H,32,33);1H/t24-,26+;/m0./s1. The molecule has 3 aromatic rings. The molecule has 0 aromatic heterocycles. The number of carboxylic acid groups (broad SMARTS) is 1. The first-order valence-electron chi connectivity index (χ1n) is 11.6. The molecule has 35 heavy (non-hydrogen) atoms. The number of nitrogens with one attached hydrogen (secondary N) is 1. The SMILES string of the molecule is CC(C)Oc1cc(-c2ccc3c(c2)C[C@@H](NC[C@@H](O)c2ccc(Cl)cc2)CC3)ccc1C(=O)O.Cl. The maximum absolute atomic E-state index is 11.6. The van der Waals surface area contributed by atoms with Crippen molar-refractivity contribution >= 4 is 30.0 Å². The molecule has 0 saturated heterocycles. The topological polar surface area (TPSA) is 78.8 Å². The number of carbonyl (C=O) groups is 1. The van der Waals surface area contributed by atoms with Crippen molar-refractivity contribution in [3.8, 4) is 16.9 Å². The van der Waals surface area contributed by atoms with Gasteiger partial charge in [0.15, 0.2) is 0 Å². The largest absolute Gasteiger partial charge is 0.490 e. The van der Waals surface area contributed by atoms with Crippen molar-refractivity contribution in [2.45, 2.75) is 51.4 Å². The minimum Gasteiger partial charge on any atom is -0.490 e. The van der Waals surface area contributed by atoms with E-state index in [9.17, 15) is 15.0 Å². The number of fused-ring (bicyclic) bond motifs is 1. The molecular weight excluding hydrogens is 485 g/mol. The van der Waals surface area contributed by atoms with Crippen LogP contribution >= 0.6 is 24.0 Å². The molecule has 0 spiro atoms. The molecule has 5 nitrogen and oxygen atoms in total. The lowest BCUT2D eigenvalue weighted by atomic mass is 9.86. The zero-order valence-electron chi connectivity index (χ0n) is 19.8. The smallest absolute Gasteiger partial charge is 0.339 e. The molecular formula is C28H31Cl2NO4. The first-order valence-corrected chi connectivity index (χ1v) is 12.0.